The molecule has 4 rings (SSSR count). The molecule has 0 atom stereocenters. The summed E-state index contributed by atoms with van der Waals surface area (Å²) in [4.78, 5) is 20.8. The quantitative estimate of drug-likeness (QED) is 0.539. The van der Waals surface area contributed by atoms with Gasteiger partial charge in [0, 0.05) is 69.5 Å². The third kappa shape index (κ3) is 4.94. The Morgan fingerprint density at radius 1 is 0.969 bits per heavy atom. The SMILES string of the molecule is COc1ccc(-c2nc(CN3CCN(c4cc(C)nc(N(C)C)n4)CC3)cs2)cc1OC. The average molecular weight is 455 g/mol. The summed E-state index contributed by atoms with van der Waals surface area (Å²) in [5, 5.41) is 3.14. The summed E-state index contributed by atoms with van der Waals surface area (Å²) in [6, 6.07) is 7.99. The van der Waals surface area contributed by atoms with Gasteiger partial charge >= 0.3 is 0 Å². The first-order chi connectivity index (χ1) is 15.5. The number of hydrogen-bond donors (Lipinski definition) is 0. The van der Waals surface area contributed by atoms with Gasteiger partial charge in [-0.25, -0.2) is 9.97 Å². The number of nitrogens with zero attached hydrogens (tertiary/aromatic N) is 6. The van der Waals surface area contributed by atoms with E-state index in [0.717, 1.165) is 77.9 Å². The van der Waals surface area contributed by atoms with Crippen LogP contribution in [0.25, 0.3) is 10.6 Å². The first kappa shape index (κ1) is 22.3. The molecular weight excluding hydrogens is 424 g/mol. The lowest BCUT2D eigenvalue weighted by atomic mass is 10.2. The molecule has 0 N–H and O–H groups in total. The van der Waals surface area contributed by atoms with Crippen LogP contribution in [0.1, 0.15) is 11.4 Å². The molecular formula is C23H30N6O2S. The highest BCUT2D eigenvalue weighted by Crippen LogP contribution is 2.33. The summed E-state index contributed by atoms with van der Waals surface area (Å²) in [5.41, 5.74) is 3.13. The number of ether oxygens (including phenoxy) is 2. The molecule has 32 heavy (non-hydrogen) atoms. The van der Waals surface area contributed by atoms with Crippen LogP contribution in [-0.2, 0) is 6.54 Å². The van der Waals surface area contributed by atoms with E-state index in [1.54, 1.807) is 25.6 Å². The van der Waals surface area contributed by atoms with E-state index in [2.05, 4.69) is 26.2 Å². The zero-order valence-corrected chi connectivity index (χ0v) is 20.1. The van der Waals surface area contributed by atoms with E-state index < -0.39 is 0 Å². The fourth-order valence-corrected chi connectivity index (χ4v) is 4.55. The van der Waals surface area contributed by atoms with Gasteiger partial charge in [0.2, 0.25) is 5.95 Å². The summed E-state index contributed by atoms with van der Waals surface area (Å²) in [6.07, 6.45) is 0. The number of thiazole rings is 1. The van der Waals surface area contributed by atoms with Crippen molar-refractivity contribution in [1.82, 2.24) is 19.9 Å². The van der Waals surface area contributed by atoms with E-state index in [-0.39, 0.29) is 0 Å². The van der Waals surface area contributed by atoms with Gasteiger partial charge in [-0.05, 0) is 25.1 Å². The number of anilines is 2. The first-order valence-corrected chi connectivity index (χ1v) is 11.5. The standard InChI is InChI=1S/C23H30N6O2S/c1-16-12-21(26-23(24-16)27(2)3)29-10-8-28(9-11-29)14-18-15-32-22(25-18)17-6-7-19(30-4)20(13-17)31-5/h6-7,12-13,15H,8-11,14H2,1-5H3. The molecule has 0 amide bonds. The van der Waals surface area contributed by atoms with Crippen molar-refractivity contribution < 1.29 is 9.47 Å². The minimum absolute atomic E-state index is 0.718. The summed E-state index contributed by atoms with van der Waals surface area (Å²) in [6.45, 7) is 6.70. The maximum absolute atomic E-state index is 5.43. The van der Waals surface area contributed by atoms with Crippen LogP contribution in [0.5, 0.6) is 11.5 Å². The van der Waals surface area contributed by atoms with E-state index in [0.29, 0.717) is 0 Å². The maximum atomic E-state index is 5.43. The van der Waals surface area contributed by atoms with Crippen LogP contribution in [0.2, 0.25) is 0 Å². The highest BCUT2D eigenvalue weighted by molar-refractivity contribution is 7.13. The van der Waals surface area contributed by atoms with Gasteiger partial charge in [-0.3, -0.25) is 4.90 Å². The maximum Gasteiger partial charge on any atom is 0.226 e. The molecule has 170 valence electrons. The molecule has 9 heteroatoms. The molecule has 1 aromatic carbocycles. The Morgan fingerprint density at radius 2 is 1.72 bits per heavy atom. The molecule has 2 aromatic heterocycles. The molecule has 0 radical (unpaired) electrons. The van der Waals surface area contributed by atoms with Crippen LogP contribution in [0.15, 0.2) is 29.6 Å². The number of hydrogen-bond acceptors (Lipinski definition) is 9. The smallest absolute Gasteiger partial charge is 0.226 e. The Morgan fingerprint density at radius 3 is 2.41 bits per heavy atom. The van der Waals surface area contributed by atoms with Crippen molar-refractivity contribution in [1.29, 1.82) is 0 Å². The molecule has 1 saturated heterocycles. The molecule has 0 spiro atoms. The van der Waals surface area contributed by atoms with Crippen LogP contribution >= 0.6 is 11.3 Å². The Labute approximate surface area is 193 Å². The zero-order valence-electron chi connectivity index (χ0n) is 19.3. The fraction of sp³-hybridized carbons (Fsp3) is 0.435. The third-order valence-corrected chi connectivity index (χ3v) is 6.43. The number of aromatic nitrogens is 3. The van der Waals surface area contributed by atoms with Crippen LogP contribution in [0, 0.1) is 6.92 Å². The van der Waals surface area contributed by atoms with E-state index in [1.807, 2.05) is 44.1 Å². The number of benzene rings is 1. The van der Waals surface area contributed by atoms with Crippen molar-refractivity contribution >= 4 is 23.1 Å². The molecule has 8 nitrogen and oxygen atoms in total. The zero-order chi connectivity index (χ0) is 22.7. The first-order valence-electron chi connectivity index (χ1n) is 10.6. The molecule has 0 aliphatic carbocycles. The van der Waals surface area contributed by atoms with Crippen molar-refractivity contribution in [3.8, 4) is 22.1 Å². The molecule has 3 aromatic rings. The topological polar surface area (TPSA) is 66.9 Å². The lowest BCUT2D eigenvalue weighted by Crippen LogP contribution is -2.46. The molecule has 3 heterocycles. The van der Waals surface area contributed by atoms with Gasteiger partial charge in [-0.1, -0.05) is 0 Å². The van der Waals surface area contributed by atoms with Gasteiger partial charge < -0.3 is 19.3 Å². The Balaban J connectivity index is 1.38. The van der Waals surface area contributed by atoms with Crippen LogP contribution < -0.4 is 19.3 Å². The Bertz CT molecular complexity index is 1060. The number of methoxy groups -OCH3 is 2. The molecule has 0 unspecified atom stereocenters. The van der Waals surface area contributed by atoms with Gasteiger partial charge in [-0.15, -0.1) is 11.3 Å². The molecule has 0 bridgehead atoms. The van der Waals surface area contributed by atoms with Gasteiger partial charge in [0.1, 0.15) is 10.8 Å². The van der Waals surface area contributed by atoms with Gasteiger partial charge in [0.25, 0.3) is 0 Å². The largest absolute Gasteiger partial charge is 0.493 e. The lowest BCUT2D eigenvalue weighted by molar-refractivity contribution is 0.247. The summed E-state index contributed by atoms with van der Waals surface area (Å²) in [5.74, 6) is 3.20. The Hall–Kier alpha value is -2.91. The minimum Gasteiger partial charge on any atom is -0.493 e. The second-order valence-corrected chi connectivity index (χ2v) is 8.90. The highest BCUT2D eigenvalue weighted by Gasteiger charge is 2.20. The van der Waals surface area contributed by atoms with Gasteiger partial charge in [-0.2, -0.15) is 4.98 Å². The molecule has 1 aliphatic heterocycles. The summed E-state index contributed by atoms with van der Waals surface area (Å²) < 4.78 is 10.8. The van der Waals surface area contributed by atoms with Crippen LogP contribution in [0.4, 0.5) is 11.8 Å². The second-order valence-electron chi connectivity index (χ2n) is 8.04. The predicted octanol–water partition coefficient (Wildman–Crippen LogP) is 3.31. The summed E-state index contributed by atoms with van der Waals surface area (Å²) >= 11 is 1.66. The van der Waals surface area contributed by atoms with Crippen molar-refractivity contribution in [2.45, 2.75) is 13.5 Å². The van der Waals surface area contributed by atoms with Crippen molar-refractivity contribution in [3.63, 3.8) is 0 Å². The molecule has 0 saturated carbocycles. The van der Waals surface area contributed by atoms with Gasteiger partial charge in [0.05, 0.1) is 19.9 Å². The second kappa shape index (κ2) is 9.70. The number of rotatable bonds is 7. The minimum atomic E-state index is 0.718. The van der Waals surface area contributed by atoms with E-state index in [9.17, 15) is 0 Å². The highest BCUT2D eigenvalue weighted by atomic mass is 32.1. The predicted molar refractivity (Wildman–Crippen MR) is 129 cm³/mol. The van der Waals surface area contributed by atoms with E-state index in [4.69, 9.17) is 19.4 Å². The molecule has 1 aliphatic rings. The summed E-state index contributed by atoms with van der Waals surface area (Å²) in [7, 11) is 7.24. The van der Waals surface area contributed by atoms with Gasteiger partial charge in [0.15, 0.2) is 11.5 Å². The van der Waals surface area contributed by atoms with E-state index >= 15 is 0 Å². The lowest BCUT2D eigenvalue weighted by Gasteiger charge is -2.35. The third-order valence-electron chi connectivity index (χ3n) is 5.49. The van der Waals surface area contributed by atoms with E-state index in [1.165, 1.54) is 0 Å². The fourth-order valence-electron chi connectivity index (χ4n) is 3.74. The van der Waals surface area contributed by atoms with Crippen LogP contribution in [0.3, 0.4) is 0 Å². The average Bonchev–Trinajstić information content (AvgIpc) is 3.27. The number of piperazine rings is 1. The van der Waals surface area contributed by atoms with Crippen molar-refractivity contribution in [2.75, 3.05) is 64.3 Å². The normalized spacial score (nSPS) is 14.5. The van der Waals surface area contributed by atoms with Crippen molar-refractivity contribution in [3.05, 3.63) is 41.0 Å². The Kier molecular flexibility index (Phi) is 6.76. The monoisotopic (exact) mass is 454 g/mol. The van der Waals surface area contributed by atoms with Crippen molar-refractivity contribution in [2.24, 2.45) is 0 Å². The van der Waals surface area contributed by atoms with Crippen LogP contribution in [-0.4, -0.2) is 74.3 Å². The molecule has 1 fully saturated rings. The number of aryl methyl sites for hydroxylation is 1.